The monoisotopic (exact) mass is 480 g/mol. The van der Waals surface area contributed by atoms with Gasteiger partial charge in [-0.1, -0.05) is 0 Å². The number of ether oxygens (including phenoxy) is 2. The molecular weight excluding hydrogens is 455 g/mol. The third-order valence-electron chi connectivity index (χ3n) is 5.35. The van der Waals surface area contributed by atoms with Gasteiger partial charge >= 0.3 is 0 Å². The van der Waals surface area contributed by atoms with Crippen LogP contribution in [-0.2, 0) is 14.8 Å². The first kappa shape index (κ1) is 22.9. The summed E-state index contributed by atoms with van der Waals surface area (Å²) in [4.78, 5) is 15.3. The lowest BCUT2D eigenvalue weighted by atomic mass is 10.3. The topological polar surface area (TPSA) is 76.2 Å². The number of carbonyl (C=O) groups excluding carboxylic acids is 1. The van der Waals surface area contributed by atoms with Crippen molar-refractivity contribution in [2.24, 2.45) is 0 Å². The number of nitrogens with zero attached hydrogens (tertiary/aromatic N) is 2. The Kier molecular flexibility index (Phi) is 7.22. The zero-order chi connectivity index (χ0) is 22.6. The molecule has 172 valence electrons. The second kappa shape index (κ2) is 10.1. The first-order valence-electron chi connectivity index (χ1n) is 10.5. The van der Waals surface area contributed by atoms with Gasteiger partial charge in [0.05, 0.1) is 18.1 Å². The van der Waals surface area contributed by atoms with Crippen molar-refractivity contribution in [1.82, 2.24) is 9.21 Å². The number of thioether (sulfide) groups is 1. The van der Waals surface area contributed by atoms with Gasteiger partial charge in [-0.2, -0.15) is 4.31 Å². The first-order chi connectivity index (χ1) is 15.4. The molecule has 2 aliphatic rings. The minimum Gasteiger partial charge on any atom is -0.490 e. The molecule has 2 heterocycles. The molecule has 2 aliphatic heterocycles. The zero-order valence-electron chi connectivity index (χ0n) is 17.5. The van der Waals surface area contributed by atoms with Crippen molar-refractivity contribution < 1.29 is 27.1 Å². The maximum atomic E-state index is 13.1. The van der Waals surface area contributed by atoms with Crippen molar-refractivity contribution in [2.45, 2.75) is 22.6 Å². The molecule has 10 heteroatoms. The number of benzene rings is 2. The van der Waals surface area contributed by atoms with E-state index in [1.807, 2.05) is 0 Å². The van der Waals surface area contributed by atoms with Crippen LogP contribution in [0.25, 0.3) is 0 Å². The standard InChI is InChI=1S/C22H25FN2O5S2/c23-17-2-4-18(5-3-17)31-15-8-22(26)24-9-11-25(12-10-24)32(27,28)19-6-7-20-21(16-19)30-14-1-13-29-20/h2-7,16H,1,8-15H2. The molecule has 0 aliphatic carbocycles. The van der Waals surface area contributed by atoms with Crippen LogP contribution in [0.1, 0.15) is 12.8 Å². The molecule has 0 N–H and O–H groups in total. The quantitative estimate of drug-likeness (QED) is 0.592. The highest BCUT2D eigenvalue weighted by atomic mass is 32.2. The predicted octanol–water partition coefficient (Wildman–Crippen LogP) is 3.00. The number of rotatable bonds is 6. The van der Waals surface area contributed by atoms with E-state index in [4.69, 9.17) is 9.47 Å². The summed E-state index contributed by atoms with van der Waals surface area (Å²) in [5.41, 5.74) is 0. The van der Waals surface area contributed by atoms with Crippen LogP contribution in [-0.4, -0.2) is 68.7 Å². The zero-order valence-corrected chi connectivity index (χ0v) is 19.2. The normalized spacial score (nSPS) is 17.1. The van der Waals surface area contributed by atoms with E-state index in [1.54, 1.807) is 23.1 Å². The highest BCUT2D eigenvalue weighted by Gasteiger charge is 2.31. The molecule has 0 saturated carbocycles. The second-order valence-corrected chi connectivity index (χ2v) is 10.6. The summed E-state index contributed by atoms with van der Waals surface area (Å²) in [7, 11) is -3.69. The number of hydrogen-bond donors (Lipinski definition) is 0. The minimum atomic E-state index is -3.69. The summed E-state index contributed by atoms with van der Waals surface area (Å²) in [6.07, 6.45) is 1.09. The summed E-state index contributed by atoms with van der Waals surface area (Å²) in [6.45, 7) is 2.21. The largest absolute Gasteiger partial charge is 0.490 e. The molecule has 32 heavy (non-hydrogen) atoms. The summed E-state index contributed by atoms with van der Waals surface area (Å²) in [5.74, 6) is 1.28. The molecule has 0 spiro atoms. The number of piperazine rings is 1. The second-order valence-electron chi connectivity index (χ2n) is 7.50. The molecule has 7 nitrogen and oxygen atoms in total. The van der Waals surface area contributed by atoms with Crippen LogP contribution in [0.3, 0.4) is 0 Å². The molecule has 0 unspecified atom stereocenters. The Morgan fingerprint density at radius 1 is 0.969 bits per heavy atom. The van der Waals surface area contributed by atoms with Crippen molar-refractivity contribution in [2.75, 3.05) is 45.1 Å². The first-order valence-corrected chi connectivity index (χ1v) is 12.9. The molecule has 0 aromatic heterocycles. The maximum absolute atomic E-state index is 13.1. The van der Waals surface area contributed by atoms with Crippen LogP contribution in [0, 0.1) is 5.82 Å². The number of carbonyl (C=O) groups is 1. The third-order valence-corrected chi connectivity index (χ3v) is 8.25. The van der Waals surface area contributed by atoms with E-state index in [0.717, 1.165) is 11.3 Å². The van der Waals surface area contributed by atoms with Gasteiger partial charge in [0.2, 0.25) is 15.9 Å². The number of halogens is 1. The van der Waals surface area contributed by atoms with E-state index in [9.17, 15) is 17.6 Å². The Bertz CT molecular complexity index is 1050. The highest BCUT2D eigenvalue weighted by Crippen LogP contribution is 2.33. The van der Waals surface area contributed by atoms with Gasteiger partial charge in [-0.15, -0.1) is 11.8 Å². The molecule has 1 fully saturated rings. The van der Waals surface area contributed by atoms with Crippen molar-refractivity contribution in [1.29, 1.82) is 0 Å². The average molecular weight is 481 g/mol. The van der Waals surface area contributed by atoms with Crippen LogP contribution in [0.15, 0.2) is 52.3 Å². The van der Waals surface area contributed by atoms with Gasteiger partial charge in [-0.05, 0) is 36.4 Å². The molecule has 4 rings (SSSR count). The lowest BCUT2D eigenvalue weighted by Gasteiger charge is -2.34. The Labute approximate surface area is 191 Å². The number of sulfonamides is 1. The molecule has 2 aromatic carbocycles. The predicted molar refractivity (Wildman–Crippen MR) is 119 cm³/mol. The lowest BCUT2D eigenvalue weighted by molar-refractivity contribution is -0.131. The van der Waals surface area contributed by atoms with Crippen molar-refractivity contribution >= 4 is 27.7 Å². The molecule has 1 saturated heterocycles. The van der Waals surface area contributed by atoms with Gasteiger partial charge in [-0.3, -0.25) is 4.79 Å². The van der Waals surface area contributed by atoms with E-state index >= 15 is 0 Å². The number of amides is 1. The Morgan fingerprint density at radius 3 is 2.38 bits per heavy atom. The lowest BCUT2D eigenvalue weighted by Crippen LogP contribution is -2.50. The molecule has 2 aromatic rings. The van der Waals surface area contributed by atoms with Crippen LogP contribution in [0.2, 0.25) is 0 Å². The molecule has 0 radical (unpaired) electrons. The van der Waals surface area contributed by atoms with E-state index in [2.05, 4.69) is 0 Å². The maximum Gasteiger partial charge on any atom is 0.243 e. The van der Waals surface area contributed by atoms with Crippen molar-refractivity contribution in [3.63, 3.8) is 0 Å². The van der Waals surface area contributed by atoms with Crippen molar-refractivity contribution in [3.05, 3.63) is 48.3 Å². The fourth-order valence-electron chi connectivity index (χ4n) is 3.58. The van der Waals surface area contributed by atoms with Gasteiger partial charge in [0.15, 0.2) is 11.5 Å². The van der Waals surface area contributed by atoms with Gasteiger partial charge in [0.1, 0.15) is 5.82 Å². The number of fused-ring (bicyclic) bond motifs is 1. The number of hydrogen-bond acceptors (Lipinski definition) is 6. The Balaban J connectivity index is 1.30. The SMILES string of the molecule is O=C(CCSc1ccc(F)cc1)N1CCN(S(=O)(=O)c2ccc3c(c2)OCCCO3)CC1. The summed E-state index contributed by atoms with van der Waals surface area (Å²) in [6, 6.07) is 10.8. The van der Waals surface area contributed by atoms with Crippen LogP contribution >= 0.6 is 11.8 Å². The van der Waals surface area contributed by atoms with Gasteiger partial charge in [-0.25, -0.2) is 12.8 Å². The minimum absolute atomic E-state index is 0.00719. The van der Waals surface area contributed by atoms with Crippen LogP contribution in [0.4, 0.5) is 4.39 Å². The Hall–Kier alpha value is -2.30. The van der Waals surface area contributed by atoms with Gasteiger partial charge in [0, 0.05) is 55.7 Å². The van der Waals surface area contributed by atoms with Gasteiger partial charge < -0.3 is 14.4 Å². The Morgan fingerprint density at radius 2 is 1.66 bits per heavy atom. The summed E-state index contributed by atoms with van der Waals surface area (Å²) in [5, 5.41) is 0. The van der Waals surface area contributed by atoms with E-state index in [0.29, 0.717) is 50.0 Å². The highest BCUT2D eigenvalue weighted by molar-refractivity contribution is 7.99. The smallest absolute Gasteiger partial charge is 0.243 e. The third kappa shape index (κ3) is 5.36. The van der Waals surface area contributed by atoms with Gasteiger partial charge in [0.25, 0.3) is 0 Å². The van der Waals surface area contributed by atoms with Crippen LogP contribution in [0.5, 0.6) is 11.5 Å². The summed E-state index contributed by atoms with van der Waals surface area (Å²) < 4.78 is 51.7. The average Bonchev–Trinajstić information content (AvgIpc) is 3.05. The molecule has 0 bridgehead atoms. The van der Waals surface area contributed by atoms with E-state index in [-0.39, 0.29) is 29.7 Å². The van der Waals surface area contributed by atoms with Crippen molar-refractivity contribution in [3.8, 4) is 11.5 Å². The molecule has 1 amide bonds. The molecular formula is C22H25FN2O5S2. The van der Waals surface area contributed by atoms with E-state index < -0.39 is 10.0 Å². The van der Waals surface area contributed by atoms with E-state index in [1.165, 1.54) is 40.3 Å². The fourth-order valence-corrected chi connectivity index (χ4v) is 5.86. The fraction of sp³-hybridized carbons (Fsp3) is 0.409. The summed E-state index contributed by atoms with van der Waals surface area (Å²) >= 11 is 1.49. The van der Waals surface area contributed by atoms with Crippen LogP contribution < -0.4 is 9.47 Å². The molecule has 0 atom stereocenters.